The highest BCUT2D eigenvalue weighted by Gasteiger charge is 2.25. The van der Waals surface area contributed by atoms with Crippen LogP contribution in [0.4, 0.5) is 16.2 Å². The summed E-state index contributed by atoms with van der Waals surface area (Å²) >= 11 is 0. The Kier molecular flexibility index (Phi) is 4.81. The summed E-state index contributed by atoms with van der Waals surface area (Å²) in [5.41, 5.74) is 6.77. The van der Waals surface area contributed by atoms with E-state index >= 15 is 0 Å². The van der Waals surface area contributed by atoms with Crippen molar-refractivity contribution < 1.29 is 14.3 Å². The predicted molar refractivity (Wildman–Crippen MR) is 87.5 cm³/mol. The van der Waals surface area contributed by atoms with Crippen LogP contribution in [0.15, 0.2) is 18.2 Å². The van der Waals surface area contributed by atoms with E-state index in [9.17, 15) is 4.79 Å². The molecule has 0 radical (unpaired) electrons. The molecule has 0 unspecified atom stereocenters. The molecule has 0 saturated heterocycles. The van der Waals surface area contributed by atoms with Gasteiger partial charge in [0.25, 0.3) is 0 Å². The molecule has 1 aromatic rings. The molecule has 6 heteroatoms. The van der Waals surface area contributed by atoms with Crippen LogP contribution < -0.4 is 21.1 Å². The number of carbonyl (C=O) groups excluding carboxylic acids is 1. The average molecular weight is 307 g/mol. The fourth-order valence-electron chi connectivity index (χ4n) is 2.31. The molecule has 1 amide bonds. The molecule has 0 heterocycles. The summed E-state index contributed by atoms with van der Waals surface area (Å²) in [6.07, 6.45) is 1.44. The minimum atomic E-state index is -0.540. The summed E-state index contributed by atoms with van der Waals surface area (Å²) in [4.78, 5) is 11.8. The van der Waals surface area contributed by atoms with Crippen molar-refractivity contribution in [1.82, 2.24) is 0 Å². The van der Waals surface area contributed by atoms with E-state index in [1.807, 2.05) is 32.9 Å². The Balaban J connectivity index is 2.01. The highest BCUT2D eigenvalue weighted by Crippen LogP contribution is 2.30. The molecule has 1 aliphatic rings. The zero-order valence-electron chi connectivity index (χ0n) is 13.6. The Labute approximate surface area is 131 Å². The standard InChI is InChI=1S/C16H25N3O3/c1-16(2,3)22-15(20)19-13-6-5-11(9-14(13)21-4)18-12-7-10(17)8-12/h5-6,9-10,12,18H,7-8,17H2,1-4H3,(H,19,20). The Morgan fingerprint density at radius 2 is 2.00 bits per heavy atom. The molecule has 0 spiro atoms. The number of anilines is 2. The number of nitrogens with one attached hydrogen (secondary N) is 2. The molecule has 0 atom stereocenters. The van der Waals surface area contributed by atoms with Crippen LogP contribution in [0.1, 0.15) is 33.6 Å². The van der Waals surface area contributed by atoms with Crippen molar-refractivity contribution in [3.05, 3.63) is 18.2 Å². The largest absolute Gasteiger partial charge is 0.494 e. The van der Waals surface area contributed by atoms with Crippen LogP contribution >= 0.6 is 0 Å². The van der Waals surface area contributed by atoms with Gasteiger partial charge in [-0.2, -0.15) is 0 Å². The first kappa shape index (κ1) is 16.4. The Hall–Kier alpha value is -1.95. The minimum Gasteiger partial charge on any atom is -0.494 e. The molecule has 122 valence electrons. The normalized spacial score (nSPS) is 20.8. The fraction of sp³-hybridized carbons (Fsp3) is 0.562. The van der Waals surface area contributed by atoms with E-state index < -0.39 is 11.7 Å². The molecule has 0 aromatic heterocycles. The molecule has 0 aliphatic heterocycles. The van der Waals surface area contributed by atoms with E-state index in [0.29, 0.717) is 23.5 Å². The number of ether oxygens (including phenoxy) is 2. The van der Waals surface area contributed by atoms with Gasteiger partial charge < -0.3 is 20.5 Å². The van der Waals surface area contributed by atoms with E-state index in [4.69, 9.17) is 15.2 Å². The first-order chi connectivity index (χ1) is 10.3. The van der Waals surface area contributed by atoms with E-state index in [1.165, 1.54) is 0 Å². The molecule has 1 aliphatic carbocycles. The van der Waals surface area contributed by atoms with Gasteiger partial charge in [0.2, 0.25) is 0 Å². The van der Waals surface area contributed by atoms with Crippen molar-refractivity contribution in [2.75, 3.05) is 17.7 Å². The van der Waals surface area contributed by atoms with E-state index in [1.54, 1.807) is 13.2 Å². The van der Waals surface area contributed by atoms with Gasteiger partial charge in [0, 0.05) is 23.8 Å². The van der Waals surface area contributed by atoms with E-state index in [0.717, 1.165) is 18.5 Å². The summed E-state index contributed by atoms with van der Waals surface area (Å²) in [5, 5.41) is 6.10. The van der Waals surface area contributed by atoms with Gasteiger partial charge in [-0.15, -0.1) is 0 Å². The zero-order valence-corrected chi connectivity index (χ0v) is 13.6. The van der Waals surface area contributed by atoms with Crippen molar-refractivity contribution in [2.45, 2.75) is 51.3 Å². The molecular weight excluding hydrogens is 282 g/mol. The third-order valence-electron chi connectivity index (χ3n) is 3.38. The number of amides is 1. The minimum absolute atomic E-state index is 0.299. The van der Waals surface area contributed by atoms with Crippen LogP contribution in [0.5, 0.6) is 5.75 Å². The summed E-state index contributed by atoms with van der Waals surface area (Å²) in [7, 11) is 1.57. The summed E-state index contributed by atoms with van der Waals surface area (Å²) < 4.78 is 10.6. The monoisotopic (exact) mass is 307 g/mol. The second-order valence-corrected chi connectivity index (χ2v) is 6.61. The molecule has 4 N–H and O–H groups in total. The van der Waals surface area contributed by atoms with Crippen LogP contribution in [0.25, 0.3) is 0 Å². The van der Waals surface area contributed by atoms with Gasteiger partial charge >= 0.3 is 6.09 Å². The van der Waals surface area contributed by atoms with E-state index in [-0.39, 0.29) is 0 Å². The maximum absolute atomic E-state index is 11.8. The molecule has 2 rings (SSSR count). The molecule has 6 nitrogen and oxygen atoms in total. The molecule has 22 heavy (non-hydrogen) atoms. The van der Waals surface area contributed by atoms with Gasteiger partial charge in [-0.05, 0) is 45.7 Å². The van der Waals surface area contributed by atoms with Gasteiger partial charge in [0.1, 0.15) is 11.4 Å². The third-order valence-corrected chi connectivity index (χ3v) is 3.38. The van der Waals surface area contributed by atoms with Crippen molar-refractivity contribution in [1.29, 1.82) is 0 Å². The molecule has 1 fully saturated rings. The van der Waals surface area contributed by atoms with E-state index in [2.05, 4.69) is 10.6 Å². The highest BCUT2D eigenvalue weighted by atomic mass is 16.6. The number of rotatable bonds is 4. The van der Waals surface area contributed by atoms with Gasteiger partial charge in [0.05, 0.1) is 12.8 Å². The van der Waals surface area contributed by atoms with Crippen LogP contribution in [-0.2, 0) is 4.74 Å². The summed E-state index contributed by atoms with van der Waals surface area (Å²) in [5.74, 6) is 0.583. The van der Waals surface area contributed by atoms with Crippen LogP contribution in [0.3, 0.4) is 0 Å². The third kappa shape index (κ3) is 4.53. The van der Waals surface area contributed by atoms with Gasteiger partial charge in [0.15, 0.2) is 0 Å². The lowest BCUT2D eigenvalue weighted by atomic mass is 9.87. The first-order valence-electron chi connectivity index (χ1n) is 7.47. The fourth-order valence-corrected chi connectivity index (χ4v) is 2.31. The Bertz CT molecular complexity index is 534. The molecular formula is C16H25N3O3. The van der Waals surface area contributed by atoms with Crippen molar-refractivity contribution in [2.24, 2.45) is 5.73 Å². The summed E-state index contributed by atoms with van der Waals surface area (Å²) in [6, 6.07) is 6.26. The predicted octanol–water partition coefficient (Wildman–Crippen LogP) is 2.94. The molecule has 1 aromatic carbocycles. The number of methoxy groups -OCH3 is 1. The topological polar surface area (TPSA) is 85.6 Å². The quantitative estimate of drug-likeness (QED) is 0.796. The lowest BCUT2D eigenvalue weighted by molar-refractivity contribution is 0.0635. The number of carbonyl (C=O) groups is 1. The van der Waals surface area contributed by atoms with Crippen molar-refractivity contribution in [3.63, 3.8) is 0 Å². The lowest BCUT2D eigenvalue weighted by Crippen LogP contribution is -2.44. The van der Waals surface area contributed by atoms with Gasteiger partial charge in [-0.3, -0.25) is 5.32 Å². The smallest absolute Gasteiger partial charge is 0.412 e. The Morgan fingerprint density at radius 1 is 1.32 bits per heavy atom. The van der Waals surface area contributed by atoms with Crippen molar-refractivity contribution >= 4 is 17.5 Å². The lowest BCUT2D eigenvalue weighted by Gasteiger charge is -2.34. The zero-order chi connectivity index (χ0) is 16.3. The SMILES string of the molecule is COc1cc(NC2CC(N)C2)ccc1NC(=O)OC(C)(C)C. The Morgan fingerprint density at radius 3 is 2.55 bits per heavy atom. The van der Waals surface area contributed by atoms with Crippen LogP contribution in [-0.4, -0.2) is 30.9 Å². The van der Waals surface area contributed by atoms with Gasteiger partial charge in [-0.1, -0.05) is 0 Å². The van der Waals surface area contributed by atoms with Crippen molar-refractivity contribution in [3.8, 4) is 5.75 Å². The number of nitrogens with two attached hydrogens (primary N) is 1. The number of hydrogen-bond donors (Lipinski definition) is 3. The van der Waals surface area contributed by atoms with Crippen LogP contribution in [0.2, 0.25) is 0 Å². The molecule has 1 saturated carbocycles. The number of hydrogen-bond acceptors (Lipinski definition) is 5. The van der Waals surface area contributed by atoms with Gasteiger partial charge in [-0.25, -0.2) is 4.79 Å². The molecule has 0 bridgehead atoms. The number of benzene rings is 1. The first-order valence-corrected chi connectivity index (χ1v) is 7.47. The van der Waals surface area contributed by atoms with Crippen LogP contribution in [0, 0.1) is 0 Å². The second kappa shape index (κ2) is 6.44. The average Bonchev–Trinajstić information content (AvgIpc) is 2.36. The second-order valence-electron chi connectivity index (χ2n) is 6.61. The summed E-state index contributed by atoms with van der Waals surface area (Å²) in [6.45, 7) is 5.46. The maximum atomic E-state index is 11.8. The highest BCUT2D eigenvalue weighted by molar-refractivity contribution is 5.87. The maximum Gasteiger partial charge on any atom is 0.412 e.